The number of piperidine rings is 1. The zero-order chi connectivity index (χ0) is 19.4. The Morgan fingerprint density at radius 1 is 0.966 bits per heavy atom. The topological polar surface area (TPSA) is 70.4 Å². The van der Waals surface area contributed by atoms with Crippen molar-refractivity contribution in [3.63, 3.8) is 0 Å². The van der Waals surface area contributed by atoms with Gasteiger partial charge in [0.1, 0.15) is 12.7 Å². The molecule has 2 heterocycles. The van der Waals surface area contributed by atoms with Crippen LogP contribution in [0, 0.1) is 0 Å². The molecule has 160 valence electrons. The van der Waals surface area contributed by atoms with Crippen LogP contribution in [0.3, 0.4) is 0 Å². The molecule has 0 radical (unpaired) electrons. The van der Waals surface area contributed by atoms with Gasteiger partial charge in [-0.05, 0) is 49.9 Å². The molecule has 0 spiro atoms. The first kappa shape index (κ1) is 23.6. The number of hydrogen-bond donors (Lipinski definition) is 2. The van der Waals surface area contributed by atoms with Gasteiger partial charge in [-0.3, -0.25) is 9.89 Å². The number of guanidine groups is 1. The Balaban J connectivity index is 0.00000300. The van der Waals surface area contributed by atoms with Crippen LogP contribution in [0.4, 0.5) is 0 Å². The Labute approximate surface area is 191 Å². The lowest BCUT2D eigenvalue weighted by molar-refractivity contribution is 0.221. The fraction of sp³-hybridized carbons (Fsp3) is 0.571. The molecule has 8 heteroatoms. The fourth-order valence-corrected chi connectivity index (χ4v) is 3.51. The molecule has 3 rings (SSSR count). The first-order valence-corrected chi connectivity index (χ1v) is 10.4. The monoisotopic (exact) mass is 511 g/mol. The number of nitrogens with one attached hydrogen (secondary N) is 2. The number of aliphatic imine (C=N–C) groups is 1. The summed E-state index contributed by atoms with van der Waals surface area (Å²) in [6.07, 6.45) is 9.74. The normalized spacial score (nSPS) is 15.0. The highest BCUT2D eigenvalue weighted by molar-refractivity contribution is 14.0. The SMILES string of the molecule is CN=C(NCCCCn1cnnc1)NCc1ccc(CN2CCCCC2)cc1.I. The largest absolute Gasteiger partial charge is 0.356 e. The van der Waals surface area contributed by atoms with Crippen molar-refractivity contribution in [2.24, 2.45) is 4.99 Å². The van der Waals surface area contributed by atoms with Crippen LogP contribution in [0.5, 0.6) is 0 Å². The minimum Gasteiger partial charge on any atom is -0.356 e. The number of unbranched alkanes of at least 4 members (excludes halogenated alkanes) is 1. The Bertz CT molecular complexity index is 694. The number of benzene rings is 1. The van der Waals surface area contributed by atoms with Crippen molar-refractivity contribution in [2.75, 3.05) is 26.7 Å². The van der Waals surface area contributed by atoms with Crippen LogP contribution in [-0.4, -0.2) is 52.3 Å². The first-order valence-electron chi connectivity index (χ1n) is 10.4. The summed E-state index contributed by atoms with van der Waals surface area (Å²) in [6.45, 7) is 6.19. The molecular weight excluding hydrogens is 477 g/mol. The van der Waals surface area contributed by atoms with Crippen LogP contribution in [0.2, 0.25) is 0 Å². The van der Waals surface area contributed by atoms with E-state index in [4.69, 9.17) is 0 Å². The van der Waals surface area contributed by atoms with Crippen molar-refractivity contribution < 1.29 is 0 Å². The van der Waals surface area contributed by atoms with Gasteiger partial charge in [0, 0.05) is 33.2 Å². The predicted octanol–water partition coefficient (Wildman–Crippen LogP) is 3.03. The number of likely N-dealkylation sites (tertiary alicyclic amines) is 1. The van der Waals surface area contributed by atoms with Crippen LogP contribution in [0.15, 0.2) is 41.9 Å². The van der Waals surface area contributed by atoms with Gasteiger partial charge < -0.3 is 15.2 Å². The van der Waals surface area contributed by atoms with Crippen molar-refractivity contribution in [3.05, 3.63) is 48.0 Å². The third-order valence-corrected chi connectivity index (χ3v) is 5.16. The second-order valence-corrected chi connectivity index (χ2v) is 7.41. The molecule has 0 aliphatic carbocycles. The zero-order valence-corrected chi connectivity index (χ0v) is 19.7. The van der Waals surface area contributed by atoms with E-state index in [-0.39, 0.29) is 24.0 Å². The van der Waals surface area contributed by atoms with Crippen LogP contribution in [-0.2, 0) is 19.6 Å². The number of hydrogen-bond acceptors (Lipinski definition) is 4. The predicted molar refractivity (Wildman–Crippen MR) is 128 cm³/mol. The molecule has 7 nitrogen and oxygen atoms in total. The fourth-order valence-electron chi connectivity index (χ4n) is 3.51. The Hall–Kier alpha value is -1.68. The molecule has 0 saturated carbocycles. The van der Waals surface area contributed by atoms with E-state index in [1.807, 2.05) is 11.6 Å². The summed E-state index contributed by atoms with van der Waals surface area (Å²) >= 11 is 0. The van der Waals surface area contributed by atoms with Crippen molar-refractivity contribution in [1.29, 1.82) is 0 Å². The van der Waals surface area contributed by atoms with Gasteiger partial charge in [-0.25, -0.2) is 0 Å². The molecule has 29 heavy (non-hydrogen) atoms. The van der Waals surface area contributed by atoms with Crippen LogP contribution in [0.1, 0.15) is 43.2 Å². The maximum atomic E-state index is 4.31. The molecule has 0 unspecified atom stereocenters. The van der Waals surface area contributed by atoms with Crippen molar-refractivity contribution in [3.8, 4) is 0 Å². The smallest absolute Gasteiger partial charge is 0.191 e. The quantitative estimate of drug-likeness (QED) is 0.235. The minimum atomic E-state index is 0. The van der Waals surface area contributed by atoms with E-state index in [9.17, 15) is 0 Å². The lowest BCUT2D eigenvalue weighted by Gasteiger charge is -2.26. The third-order valence-electron chi connectivity index (χ3n) is 5.16. The maximum Gasteiger partial charge on any atom is 0.191 e. The van der Waals surface area contributed by atoms with Gasteiger partial charge in [-0.15, -0.1) is 34.2 Å². The van der Waals surface area contributed by atoms with Crippen molar-refractivity contribution >= 4 is 29.9 Å². The molecule has 1 aliphatic heterocycles. The van der Waals surface area contributed by atoms with Gasteiger partial charge in [0.25, 0.3) is 0 Å². The van der Waals surface area contributed by atoms with Gasteiger partial charge in [0.2, 0.25) is 0 Å². The summed E-state index contributed by atoms with van der Waals surface area (Å²) in [6, 6.07) is 8.96. The second kappa shape index (κ2) is 13.5. The van der Waals surface area contributed by atoms with Crippen LogP contribution >= 0.6 is 24.0 Å². The van der Waals surface area contributed by atoms with Crippen LogP contribution in [0.25, 0.3) is 0 Å². The maximum absolute atomic E-state index is 4.31. The number of nitrogens with zero attached hydrogens (tertiary/aromatic N) is 5. The standard InChI is InChI=1S/C21H33N7.HI/c1-22-21(23-11-3-6-14-28-17-25-26-18-28)24-15-19-7-9-20(10-8-19)16-27-12-4-2-5-13-27;/h7-10,17-18H,2-6,11-16H2,1H3,(H2,22,23,24);1H. The van der Waals surface area contributed by atoms with Gasteiger partial charge >= 0.3 is 0 Å². The summed E-state index contributed by atoms with van der Waals surface area (Å²) in [5, 5.41) is 14.4. The molecule has 1 aromatic heterocycles. The summed E-state index contributed by atoms with van der Waals surface area (Å²) in [7, 11) is 1.81. The summed E-state index contributed by atoms with van der Waals surface area (Å²) in [5.41, 5.74) is 2.68. The highest BCUT2D eigenvalue weighted by Crippen LogP contribution is 2.13. The number of halogens is 1. The molecule has 2 N–H and O–H groups in total. The van der Waals surface area contributed by atoms with E-state index in [0.717, 1.165) is 45.0 Å². The molecule has 1 aliphatic rings. The highest BCUT2D eigenvalue weighted by Gasteiger charge is 2.10. The molecule has 0 bridgehead atoms. The third kappa shape index (κ3) is 8.69. The van der Waals surface area contributed by atoms with E-state index in [1.165, 1.54) is 43.5 Å². The zero-order valence-electron chi connectivity index (χ0n) is 17.4. The lowest BCUT2D eigenvalue weighted by Crippen LogP contribution is -2.37. The van der Waals surface area contributed by atoms with E-state index in [1.54, 1.807) is 12.7 Å². The van der Waals surface area contributed by atoms with Gasteiger partial charge in [-0.1, -0.05) is 30.7 Å². The average molecular weight is 511 g/mol. The number of aromatic nitrogens is 3. The molecular formula is C21H34IN7. The molecule has 2 aromatic rings. The van der Waals surface area contributed by atoms with E-state index >= 15 is 0 Å². The van der Waals surface area contributed by atoms with Gasteiger partial charge in [-0.2, -0.15) is 0 Å². The van der Waals surface area contributed by atoms with Crippen LogP contribution < -0.4 is 10.6 Å². The Morgan fingerprint density at radius 2 is 1.66 bits per heavy atom. The van der Waals surface area contributed by atoms with E-state index < -0.39 is 0 Å². The number of aryl methyl sites for hydroxylation is 1. The van der Waals surface area contributed by atoms with E-state index in [2.05, 4.69) is 55.0 Å². The minimum absolute atomic E-state index is 0. The Morgan fingerprint density at radius 3 is 2.34 bits per heavy atom. The summed E-state index contributed by atoms with van der Waals surface area (Å²) in [4.78, 5) is 6.87. The van der Waals surface area contributed by atoms with Crippen molar-refractivity contribution in [2.45, 2.75) is 51.7 Å². The summed E-state index contributed by atoms with van der Waals surface area (Å²) in [5.74, 6) is 0.849. The van der Waals surface area contributed by atoms with E-state index in [0.29, 0.717) is 0 Å². The van der Waals surface area contributed by atoms with Gasteiger partial charge in [0.05, 0.1) is 0 Å². The Kier molecular flexibility index (Phi) is 11.0. The molecule has 1 fully saturated rings. The van der Waals surface area contributed by atoms with Crippen molar-refractivity contribution in [1.82, 2.24) is 30.3 Å². The molecule has 1 saturated heterocycles. The lowest BCUT2D eigenvalue weighted by atomic mass is 10.1. The molecule has 0 amide bonds. The first-order chi connectivity index (χ1) is 13.8. The average Bonchev–Trinajstić information content (AvgIpc) is 3.25. The second-order valence-electron chi connectivity index (χ2n) is 7.41. The highest BCUT2D eigenvalue weighted by atomic mass is 127. The summed E-state index contributed by atoms with van der Waals surface area (Å²) < 4.78 is 2.00. The van der Waals surface area contributed by atoms with Gasteiger partial charge in [0.15, 0.2) is 5.96 Å². The molecule has 0 atom stereocenters. The number of rotatable bonds is 9. The molecule has 1 aromatic carbocycles.